The molecule has 0 saturated carbocycles. The van der Waals surface area contributed by atoms with Gasteiger partial charge in [0.15, 0.2) is 0 Å². The van der Waals surface area contributed by atoms with E-state index in [1.165, 1.54) is 18.3 Å². The molecule has 2 atom stereocenters. The highest BCUT2D eigenvalue weighted by molar-refractivity contribution is 6.42. The monoisotopic (exact) mass is 498 g/mol. The van der Waals surface area contributed by atoms with Crippen LogP contribution >= 0.6 is 23.2 Å². The predicted molar refractivity (Wildman–Crippen MR) is 130 cm³/mol. The number of benzene rings is 2. The molecule has 0 bridgehead atoms. The van der Waals surface area contributed by atoms with E-state index in [0.29, 0.717) is 22.9 Å². The number of rotatable bonds is 6. The smallest absolute Gasteiger partial charge is 0.329 e. The standard InChI is InChI=1S/C23H20Cl2N6O3/c1-34-21-9-6-14(10-15(21)13-31-20-5-3-2-4-18(20)28-30-31)12-26-29-23(33)22(32)27-19-11-16(24)7-8-17(19)25/h2-12,18,20H,13H2,1H3,(H,27,32)(H,29,33)/b26-12+. The van der Waals surface area contributed by atoms with Gasteiger partial charge in [-0.2, -0.15) is 10.2 Å². The molecule has 2 aliphatic rings. The highest BCUT2D eigenvalue weighted by Crippen LogP contribution is 2.28. The molecule has 0 aromatic heterocycles. The number of nitrogens with one attached hydrogen (secondary N) is 2. The number of carbonyl (C=O) groups excluding carboxylic acids is 2. The van der Waals surface area contributed by atoms with Gasteiger partial charge in [-0.25, -0.2) is 5.43 Å². The number of carbonyl (C=O) groups is 2. The minimum absolute atomic E-state index is 0.00360. The van der Waals surface area contributed by atoms with E-state index in [0.717, 1.165) is 5.56 Å². The van der Waals surface area contributed by atoms with Crippen LogP contribution in [0.15, 0.2) is 76.1 Å². The summed E-state index contributed by atoms with van der Waals surface area (Å²) in [5.41, 5.74) is 3.98. The van der Waals surface area contributed by atoms with Crippen LogP contribution in [0, 0.1) is 0 Å². The number of allylic oxidation sites excluding steroid dienone is 2. The number of hydrogen-bond donors (Lipinski definition) is 2. The maximum Gasteiger partial charge on any atom is 0.329 e. The minimum Gasteiger partial charge on any atom is -0.496 e. The van der Waals surface area contributed by atoms with Crippen molar-refractivity contribution >= 4 is 46.9 Å². The summed E-state index contributed by atoms with van der Waals surface area (Å²) >= 11 is 11.9. The van der Waals surface area contributed by atoms with E-state index >= 15 is 0 Å². The minimum atomic E-state index is -0.957. The van der Waals surface area contributed by atoms with Crippen molar-refractivity contribution in [3.63, 3.8) is 0 Å². The molecule has 2 aromatic carbocycles. The number of hydrogen-bond acceptors (Lipinski definition) is 7. The average molecular weight is 499 g/mol. The van der Waals surface area contributed by atoms with Gasteiger partial charge in [-0.15, -0.1) is 0 Å². The third kappa shape index (κ3) is 5.44. The summed E-state index contributed by atoms with van der Waals surface area (Å²) in [6.45, 7) is 0.475. The zero-order valence-corrected chi connectivity index (χ0v) is 19.5. The fraction of sp³-hybridized carbons (Fsp3) is 0.174. The van der Waals surface area contributed by atoms with E-state index in [2.05, 4.69) is 32.3 Å². The van der Waals surface area contributed by atoms with E-state index < -0.39 is 11.8 Å². The van der Waals surface area contributed by atoms with Crippen LogP contribution in [-0.4, -0.2) is 42.2 Å². The number of nitrogens with zero attached hydrogens (tertiary/aromatic N) is 4. The number of fused-ring (bicyclic) bond motifs is 1. The molecule has 2 unspecified atom stereocenters. The van der Waals surface area contributed by atoms with E-state index in [9.17, 15) is 9.59 Å². The summed E-state index contributed by atoms with van der Waals surface area (Å²) in [7, 11) is 1.59. The molecule has 2 aromatic rings. The number of hydrazone groups is 1. The Bertz CT molecular complexity index is 1230. The van der Waals surface area contributed by atoms with Crippen LogP contribution in [0.25, 0.3) is 0 Å². The molecule has 0 saturated heterocycles. The van der Waals surface area contributed by atoms with Crippen LogP contribution in [-0.2, 0) is 16.1 Å². The van der Waals surface area contributed by atoms with Crippen molar-refractivity contribution in [3.05, 3.63) is 81.9 Å². The molecule has 174 valence electrons. The molecule has 34 heavy (non-hydrogen) atoms. The first-order chi connectivity index (χ1) is 16.4. The maximum absolute atomic E-state index is 12.1. The Labute approximate surface area is 205 Å². The van der Waals surface area contributed by atoms with E-state index in [1.54, 1.807) is 25.3 Å². The van der Waals surface area contributed by atoms with Crippen LogP contribution in [0.1, 0.15) is 11.1 Å². The van der Waals surface area contributed by atoms with Gasteiger partial charge in [0.1, 0.15) is 11.8 Å². The fourth-order valence-electron chi connectivity index (χ4n) is 3.45. The average Bonchev–Trinajstić information content (AvgIpc) is 3.24. The number of ether oxygens (including phenoxy) is 1. The summed E-state index contributed by atoms with van der Waals surface area (Å²) in [6, 6.07) is 10.0. The lowest BCUT2D eigenvalue weighted by molar-refractivity contribution is -0.136. The van der Waals surface area contributed by atoms with Crippen molar-refractivity contribution in [1.29, 1.82) is 0 Å². The summed E-state index contributed by atoms with van der Waals surface area (Å²) < 4.78 is 5.48. The Hall–Kier alpha value is -3.69. The number of halogens is 2. The van der Waals surface area contributed by atoms with Gasteiger partial charge >= 0.3 is 11.8 Å². The largest absolute Gasteiger partial charge is 0.496 e. The van der Waals surface area contributed by atoms with Gasteiger partial charge < -0.3 is 10.1 Å². The normalized spacial score (nSPS) is 18.3. The van der Waals surface area contributed by atoms with Crippen molar-refractivity contribution < 1.29 is 14.3 Å². The molecular formula is C23H20Cl2N6O3. The Morgan fingerprint density at radius 2 is 1.97 bits per heavy atom. The molecule has 9 nitrogen and oxygen atoms in total. The molecule has 1 aliphatic heterocycles. The second-order valence-electron chi connectivity index (χ2n) is 7.40. The van der Waals surface area contributed by atoms with Gasteiger partial charge in [-0.3, -0.25) is 14.6 Å². The summed E-state index contributed by atoms with van der Waals surface area (Å²) in [5.74, 6) is -1.20. The predicted octanol–water partition coefficient (Wildman–Crippen LogP) is 4.14. The van der Waals surface area contributed by atoms with Gasteiger partial charge in [0.25, 0.3) is 0 Å². The third-order valence-corrected chi connectivity index (χ3v) is 5.69. The maximum atomic E-state index is 12.1. The first kappa shape index (κ1) is 23.5. The van der Waals surface area contributed by atoms with Gasteiger partial charge in [0.05, 0.1) is 36.6 Å². The van der Waals surface area contributed by atoms with Crippen molar-refractivity contribution in [1.82, 2.24) is 10.4 Å². The summed E-state index contributed by atoms with van der Waals surface area (Å²) in [4.78, 5) is 24.2. The van der Waals surface area contributed by atoms with Crippen LogP contribution in [0.2, 0.25) is 10.0 Å². The molecule has 4 rings (SSSR count). The van der Waals surface area contributed by atoms with Gasteiger partial charge in [-0.1, -0.05) is 52.7 Å². The molecule has 0 radical (unpaired) electrons. The molecule has 0 fully saturated rings. The Morgan fingerprint density at radius 1 is 1.15 bits per heavy atom. The van der Waals surface area contributed by atoms with Gasteiger partial charge in [0.2, 0.25) is 0 Å². The van der Waals surface area contributed by atoms with E-state index in [4.69, 9.17) is 27.9 Å². The second-order valence-corrected chi connectivity index (χ2v) is 8.25. The van der Waals surface area contributed by atoms with Gasteiger partial charge in [-0.05, 0) is 42.0 Å². The van der Waals surface area contributed by atoms with Crippen LogP contribution in [0.5, 0.6) is 5.75 Å². The highest BCUT2D eigenvalue weighted by Gasteiger charge is 2.30. The zero-order valence-electron chi connectivity index (χ0n) is 18.0. The number of anilines is 1. The zero-order chi connectivity index (χ0) is 24.1. The number of methoxy groups -OCH3 is 1. The molecule has 1 heterocycles. The molecule has 1 aliphatic carbocycles. The molecule has 0 spiro atoms. The second kappa shape index (κ2) is 10.5. The fourth-order valence-corrected chi connectivity index (χ4v) is 3.79. The highest BCUT2D eigenvalue weighted by atomic mass is 35.5. The van der Waals surface area contributed by atoms with Crippen molar-refractivity contribution in [2.45, 2.75) is 18.6 Å². The lowest BCUT2D eigenvalue weighted by Gasteiger charge is -2.24. The Kier molecular flexibility index (Phi) is 7.24. The molecule has 2 amide bonds. The quantitative estimate of drug-likeness (QED) is 0.354. The lowest BCUT2D eigenvalue weighted by Crippen LogP contribution is -2.32. The van der Waals surface area contributed by atoms with Crippen molar-refractivity contribution in [2.75, 3.05) is 12.4 Å². The van der Waals surface area contributed by atoms with Gasteiger partial charge in [0, 0.05) is 10.6 Å². The van der Waals surface area contributed by atoms with Crippen LogP contribution in [0.4, 0.5) is 5.69 Å². The van der Waals surface area contributed by atoms with E-state index in [-0.39, 0.29) is 22.8 Å². The van der Waals surface area contributed by atoms with E-state index in [1.807, 2.05) is 29.3 Å². The topological polar surface area (TPSA) is 108 Å². The SMILES string of the molecule is COc1ccc(/C=N/NC(=O)C(=O)Nc2cc(Cl)ccc2Cl)cc1CN1N=NC2C=CC=CC21. The molecular weight excluding hydrogens is 479 g/mol. The lowest BCUT2D eigenvalue weighted by atomic mass is 10.0. The summed E-state index contributed by atoms with van der Waals surface area (Å²) in [6.07, 6.45) is 9.43. The first-order valence-electron chi connectivity index (χ1n) is 10.2. The van der Waals surface area contributed by atoms with Crippen LogP contribution < -0.4 is 15.5 Å². The third-order valence-electron chi connectivity index (χ3n) is 5.12. The van der Waals surface area contributed by atoms with Crippen molar-refractivity contribution in [2.24, 2.45) is 15.4 Å². The first-order valence-corrected chi connectivity index (χ1v) is 11.0. The summed E-state index contributed by atoms with van der Waals surface area (Å²) in [5, 5.41) is 17.3. The van der Waals surface area contributed by atoms with Crippen LogP contribution in [0.3, 0.4) is 0 Å². The number of amides is 2. The Balaban J connectivity index is 1.39. The molecule has 11 heteroatoms. The van der Waals surface area contributed by atoms with Crippen molar-refractivity contribution in [3.8, 4) is 5.75 Å². The Morgan fingerprint density at radius 3 is 2.79 bits per heavy atom. The molecule has 2 N–H and O–H groups in total.